The molecule has 1 aromatic carbocycles. The van der Waals surface area contributed by atoms with E-state index < -0.39 is 5.97 Å². The van der Waals surface area contributed by atoms with Crippen LogP contribution >= 0.6 is 0 Å². The Morgan fingerprint density at radius 3 is 2.65 bits per heavy atom. The van der Waals surface area contributed by atoms with Gasteiger partial charge in [-0.15, -0.1) is 6.42 Å². The van der Waals surface area contributed by atoms with Gasteiger partial charge in [-0.05, 0) is 24.3 Å². The Morgan fingerprint density at radius 1 is 1.30 bits per heavy atom. The molecule has 3 heteroatoms. The number of carboxylic acids is 1. The molecule has 0 spiro atoms. The van der Waals surface area contributed by atoms with Gasteiger partial charge < -0.3 is 5.11 Å². The molecule has 0 saturated heterocycles. The summed E-state index contributed by atoms with van der Waals surface area (Å²) >= 11 is 0. The Kier molecular flexibility index (Phi) is 5.20. The van der Waals surface area contributed by atoms with E-state index in [4.69, 9.17) is 11.5 Å². The van der Waals surface area contributed by atoms with Crippen LogP contribution in [0.25, 0.3) is 0 Å². The van der Waals surface area contributed by atoms with Crippen LogP contribution in [0.4, 0.5) is 0 Å². The van der Waals surface area contributed by atoms with Gasteiger partial charge in [0.1, 0.15) is 0 Å². The minimum absolute atomic E-state index is 0.0260. The Labute approximate surface area is 120 Å². The largest absolute Gasteiger partial charge is 0.480 e. The molecule has 1 aliphatic rings. The Hall–Kier alpha value is -1.79. The van der Waals surface area contributed by atoms with E-state index in [0.717, 1.165) is 19.3 Å². The molecular weight excluding hydrogens is 250 g/mol. The van der Waals surface area contributed by atoms with Gasteiger partial charge in [-0.3, -0.25) is 9.69 Å². The molecule has 106 valence electrons. The van der Waals surface area contributed by atoms with Gasteiger partial charge in [-0.1, -0.05) is 49.1 Å². The fraction of sp³-hybridized carbons (Fsp3) is 0.471. The first kappa shape index (κ1) is 14.6. The maximum Gasteiger partial charge on any atom is 0.317 e. The summed E-state index contributed by atoms with van der Waals surface area (Å²) < 4.78 is 0. The van der Waals surface area contributed by atoms with Gasteiger partial charge in [0.15, 0.2) is 0 Å². The third-order valence-corrected chi connectivity index (χ3v) is 4.06. The van der Waals surface area contributed by atoms with Crippen molar-refractivity contribution in [1.82, 2.24) is 4.90 Å². The van der Waals surface area contributed by atoms with Crippen molar-refractivity contribution < 1.29 is 9.90 Å². The number of terminal acetylenes is 1. The lowest BCUT2D eigenvalue weighted by molar-refractivity contribution is -0.139. The maximum absolute atomic E-state index is 11.1. The number of nitrogens with zero attached hydrogens (tertiary/aromatic N) is 1. The van der Waals surface area contributed by atoms with E-state index in [1.54, 1.807) is 0 Å². The topological polar surface area (TPSA) is 40.5 Å². The summed E-state index contributed by atoms with van der Waals surface area (Å²) in [4.78, 5) is 13.0. The van der Waals surface area contributed by atoms with Gasteiger partial charge in [-0.25, -0.2) is 0 Å². The molecule has 0 heterocycles. The molecule has 0 amide bonds. The maximum atomic E-state index is 11.1. The molecule has 1 N–H and O–H groups in total. The third-order valence-electron chi connectivity index (χ3n) is 4.06. The average molecular weight is 271 g/mol. The van der Waals surface area contributed by atoms with Gasteiger partial charge in [0.05, 0.1) is 13.1 Å². The average Bonchev–Trinajstić information content (AvgIpc) is 2.47. The first-order valence-corrected chi connectivity index (χ1v) is 7.16. The monoisotopic (exact) mass is 271 g/mol. The smallest absolute Gasteiger partial charge is 0.317 e. The molecule has 3 nitrogen and oxygen atoms in total. The van der Waals surface area contributed by atoms with Crippen molar-refractivity contribution in [3.63, 3.8) is 0 Å². The first-order valence-electron chi connectivity index (χ1n) is 7.16. The standard InChI is InChI=1S/C17H21NO2/c1-2-12-18(13-17(19)20)16-11-7-6-10-15(16)14-8-4-3-5-9-14/h1,3-5,8-9,15-16H,6-7,10-13H2,(H,19,20). The number of hydrogen-bond acceptors (Lipinski definition) is 2. The lowest BCUT2D eigenvalue weighted by Crippen LogP contribution is -2.44. The highest BCUT2D eigenvalue weighted by atomic mass is 16.4. The normalized spacial score (nSPS) is 22.4. The number of carbonyl (C=O) groups is 1. The number of carboxylic acid groups (broad SMARTS) is 1. The van der Waals surface area contributed by atoms with Gasteiger partial charge in [0.25, 0.3) is 0 Å². The minimum Gasteiger partial charge on any atom is -0.480 e. The zero-order valence-corrected chi connectivity index (χ0v) is 11.7. The van der Waals surface area contributed by atoms with Gasteiger partial charge in [0.2, 0.25) is 0 Å². The highest BCUT2D eigenvalue weighted by Gasteiger charge is 2.31. The van der Waals surface area contributed by atoms with Gasteiger partial charge in [-0.2, -0.15) is 0 Å². The van der Waals surface area contributed by atoms with Crippen LogP contribution in [-0.2, 0) is 4.79 Å². The molecule has 2 atom stereocenters. The molecule has 0 bridgehead atoms. The molecule has 2 unspecified atom stereocenters. The van der Waals surface area contributed by atoms with Crippen LogP contribution < -0.4 is 0 Å². The van der Waals surface area contributed by atoms with Crippen molar-refractivity contribution in [3.05, 3.63) is 35.9 Å². The van der Waals surface area contributed by atoms with E-state index in [9.17, 15) is 4.79 Å². The van der Waals surface area contributed by atoms with Crippen LogP contribution in [0, 0.1) is 12.3 Å². The third kappa shape index (κ3) is 3.61. The molecule has 0 aromatic heterocycles. The van der Waals surface area contributed by atoms with Crippen molar-refractivity contribution in [1.29, 1.82) is 0 Å². The van der Waals surface area contributed by atoms with E-state index in [-0.39, 0.29) is 12.6 Å². The molecule has 1 aliphatic carbocycles. The summed E-state index contributed by atoms with van der Waals surface area (Å²) in [7, 11) is 0. The summed E-state index contributed by atoms with van der Waals surface area (Å²) in [6, 6.07) is 10.6. The summed E-state index contributed by atoms with van der Waals surface area (Å²) in [5.41, 5.74) is 1.30. The molecule has 20 heavy (non-hydrogen) atoms. The van der Waals surface area contributed by atoms with Crippen molar-refractivity contribution in [2.45, 2.75) is 37.6 Å². The van der Waals surface area contributed by atoms with Crippen LogP contribution in [-0.4, -0.2) is 35.1 Å². The second-order valence-electron chi connectivity index (χ2n) is 5.37. The lowest BCUT2D eigenvalue weighted by atomic mass is 9.79. The van der Waals surface area contributed by atoms with Gasteiger partial charge >= 0.3 is 5.97 Å². The van der Waals surface area contributed by atoms with Crippen LogP contribution in [0.15, 0.2) is 30.3 Å². The summed E-state index contributed by atoms with van der Waals surface area (Å²) in [6.45, 7) is 0.429. The van der Waals surface area contributed by atoms with Crippen molar-refractivity contribution in [2.75, 3.05) is 13.1 Å². The van der Waals surface area contributed by atoms with E-state index in [1.165, 1.54) is 12.0 Å². The predicted molar refractivity (Wildman–Crippen MR) is 79.5 cm³/mol. The molecule has 0 aliphatic heterocycles. The second-order valence-corrected chi connectivity index (χ2v) is 5.37. The highest BCUT2D eigenvalue weighted by Crippen LogP contribution is 2.35. The summed E-state index contributed by atoms with van der Waals surface area (Å²) in [5.74, 6) is 2.18. The Morgan fingerprint density at radius 2 is 2.00 bits per heavy atom. The quantitative estimate of drug-likeness (QED) is 0.837. The Balaban J connectivity index is 2.20. The molecule has 1 aromatic rings. The van der Waals surface area contributed by atoms with E-state index in [1.807, 2.05) is 23.1 Å². The number of rotatable bonds is 5. The SMILES string of the molecule is C#CCN(CC(=O)O)C1CCCCC1c1ccccc1. The van der Waals surface area contributed by atoms with E-state index in [2.05, 4.69) is 18.1 Å². The van der Waals surface area contributed by atoms with E-state index in [0.29, 0.717) is 12.5 Å². The first-order chi connectivity index (χ1) is 9.72. The van der Waals surface area contributed by atoms with Crippen LogP contribution in [0.5, 0.6) is 0 Å². The van der Waals surface area contributed by atoms with Crippen LogP contribution in [0.1, 0.15) is 37.2 Å². The summed E-state index contributed by atoms with van der Waals surface area (Å²) in [5, 5.41) is 9.09. The van der Waals surface area contributed by atoms with Crippen LogP contribution in [0.3, 0.4) is 0 Å². The number of aliphatic carboxylic acids is 1. The molecule has 2 rings (SSSR count). The van der Waals surface area contributed by atoms with Crippen molar-refractivity contribution in [3.8, 4) is 12.3 Å². The molecule has 0 radical (unpaired) electrons. The molecule has 1 saturated carbocycles. The molecule has 1 fully saturated rings. The fourth-order valence-electron chi connectivity index (χ4n) is 3.22. The van der Waals surface area contributed by atoms with Crippen molar-refractivity contribution in [2.24, 2.45) is 0 Å². The predicted octanol–water partition coefficient (Wildman–Crippen LogP) is 2.73. The minimum atomic E-state index is -0.808. The Bertz CT molecular complexity index is 478. The second kappa shape index (κ2) is 7.12. The summed E-state index contributed by atoms with van der Waals surface area (Å²) in [6.07, 6.45) is 9.89. The number of hydrogen-bond donors (Lipinski definition) is 1. The van der Waals surface area contributed by atoms with Gasteiger partial charge in [0, 0.05) is 6.04 Å². The number of benzene rings is 1. The zero-order chi connectivity index (χ0) is 14.4. The van der Waals surface area contributed by atoms with Crippen molar-refractivity contribution >= 4 is 5.97 Å². The fourth-order valence-corrected chi connectivity index (χ4v) is 3.22. The highest BCUT2D eigenvalue weighted by molar-refractivity contribution is 5.69. The lowest BCUT2D eigenvalue weighted by Gasteiger charge is -2.38. The van der Waals surface area contributed by atoms with E-state index >= 15 is 0 Å². The zero-order valence-electron chi connectivity index (χ0n) is 11.7. The molecular formula is C17H21NO2. The van der Waals surface area contributed by atoms with Crippen LogP contribution in [0.2, 0.25) is 0 Å².